The van der Waals surface area contributed by atoms with Crippen LogP contribution in [0.25, 0.3) is 11.3 Å². The van der Waals surface area contributed by atoms with E-state index in [-0.39, 0.29) is 18.6 Å². The van der Waals surface area contributed by atoms with E-state index in [9.17, 15) is 4.79 Å². The Bertz CT molecular complexity index is 948. The fourth-order valence-corrected chi connectivity index (χ4v) is 3.30. The number of benzene rings is 1. The van der Waals surface area contributed by atoms with Gasteiger partial charge in [-0.05, 0) is 25.8 Å². The summed E-state index contributed by atoms with van der Waals surface area (Å²) in [7, 11) is 0. The lowest BCUT2D eigenvalue weighted by molar-refractivity contribution is 0.0930. The number of carbonyl (C=O) groups is 1. The van der Waals surface area contributed by atoms with Crippen LogP contribution in [0.15, 0.2) is 53.2 Å². The number of carbonyl (C=O) groups excluding carboxylic acids is 1. The molecule has 0 spiro atoms. The molecular weight excluding hydrogens is 368 g/mol. The van der Waals surface area contributed by atoms with Gasteiger partial charge in [0.2, 0.25) is 5.88 Å². The molecule has 1 aliphatic rings. The summed E-state index contributed by atoms with van der Waals surface area (Å²) < 4.78 is 11.2. The molecule has 149 valence electrons. The molecule has 1 unspecified atom stereocenters. The number of ether oxygens (including phenoxy) is 1. The Balaban J connectivity index is 1.39. The average Bonchev–Trinajstić information content (AvgIpc) is 3.14. The van der Waals surface area contributed by atoms with E-state index in [1.54, 1.807) is 12.1 Å². The van der Waals surface area contributed by atoms with Crippen LogP contribution >= 0.6 is 0 Å². The standard InChI is InChI=1S/C22H23N4O3/c1-15-19(21(26-29-15)16-6-3-2-4-7-16)14-28-20-10-9-17(12-24-20)22(27)25-18-8-5-11-23-13-18/h2-4,6-7,9-10,12,18H,5,8,11,13-14H2,1H3,(H,25,27). The van der Waals surface area contributed by atoms with Crippen molar-refractivity contribution in [2.24, 2.45) is 0 Å². The molecule has 0 aliphatic carbocycles. The summed E-state index contributed by atoms with van der Waals surface area (Å²) in [4.78, 5) is 16.6. The van der Waals surface area contributed by atoms with E-state index in [2.05, 4.69) is 20.8 Å². The van der Waals surface area contributed by atoms with Crippen molar-refractivity contribution in [1.82, 2.24) is 20.8 Å². The molecule has 2 aromatic heterocycles. The van der Waals surface area contributed by atoms with Crippen LogP contribution in [0.3, 0.4) is 0 Å². The van der Waals surface area contributed by atoms with Crippen LogP contribution < -0.4 is 15.4 Å². The predicted octanol–water partition coefficient (Wildman–Crippen LogP) is 3.12. The molecule has 0 saturated carbocycles. The van der Waals surface area contributed by atoms with E-state index in [0.717, 1.165) is 36.2 Å². The van der Waals surface area contributed by atoms with Gasteiger partial charge in [0.25, 0.3) is 5.91 Å². The summed E-state index contributed by atoms with van der Waals surface area (Å²) in [6.45, 7) is 3.71. The third-order valence-corrected chi connectivity index (χ3v) is 4.95. The van der Waals surface area contributed by atoms with Crippen molar-refractivity contribution in [2.45, 2.75) is 32.4 Å². The van der Waals surface area contributed by atoms with E-state index in [0.29, 0.717) is 23.7 Å². The van der Waals surface area contributed by atoms with E-state index in [1.807, 2.05) is 37.3 Å². The molecule has 1 atom stereocenters. The first-order chi connectivity index (χ1) is 14.2. The Morgan fingerprint density at radius 3 is 2.83 bits per heavy atom. The summed E-state index contributed by atoms with van der Waals surface area (Å²) in [5.41, 5.74) is 3.12. The van der Waals surface area contributed by atoms with Gasteiger partial charge in [-0.1, -0.05) is 35.5 Å². The number of nitrogens with zero attached hydrogens (tertiary/aromatic N) is 3. The molecule has 1 saturated heterocycles. The van der Waals surface area contributed by atoms with Gasteiger partial charge in [-0.3, -0.25) is 4.79 Å². The van der Waals surface area contributed by atoms with E-state index >= 15 is 0 Å². The molecule has 1 aromatic carbocycles. The zero-order chi connectivity index (χ0) is 20.1. The zero-order valence-corrected chi connectivity index (χ0v) is 16.3. The molecule has 1 radical (unpaired) electrons. The number of aryl methyl sites for hydroxylation is 1. The summed E-state index contributed by atoms with van der Waals surface area (Å²) >= 11 is 0. The Labute approximate surface area is 169 Å². The highest BCUT2D eigenvalue weighted by Crippen LogP contribution is 2.26. The molecule has 3 aromatic rings. The minimum absolute atomic E-state index is 0.111. The second-order valence-electron chi connectivity index (χ2n) is 7.05. The van der Waals surface area contributed by atoms with Gasteiger partial charge < -0.3 is 14.6 Å². The fraction of sp³-hybridized carbons (Fsp3) is 0.318. The number of hydrogen-bond acceptors (Lipinski definition) is 5. The number of pyridine rings is 1. The first-order valence-electron chi connectivity index (χ1n) is 9.74. The number of nitrogens with one attached hydrogen (secondary N) is 1. The number of piperidine rings is 1. The maximum atomic E-state index is 12.4. The monoisotopic (exact) mass is 391 g/mol. The lowest BCUT2D eigenvalue weighted by atomic mass is 10.1. The second-order valence-corrected chi connectivity index (χ2v) is 7.05. The third-order valence-electron chi connectivity index (χ3n) is 4.95. The maximum absolute atomic E-state index is 12.4. The average molecular weight is 391 g/mol. The summed E-state index contributed by atoms with van der Waals surface area (Å²) in [5, 5.41) is 11.5. The van der Waals surface area contributed by atoms with Crippen LogP contribution in [0.1, 0.15) is 34.5 Å². The third kappa shape index (κ3) is 4.63. The summed E-state index contributed by atoms with van der Waals surface area (Å²) in [5.74, 6) is 1.01. The SMILES string of the molecule is Cc1onc(-c2ccccc2)c1COc1ccc(C(=O)NC2CCC[N]C2)cn1. The highest BCUT2D eigenvalue weighted by Gasteiger charge is 2.18. The molecular formula is C22H23N4O3. The van der Waals surface area contributed by atoms with Gasteiger partial charge >= 0.3 is 0 Å². The topological polar surface area (TPSA) is 91.4 Å². The molecule has 7 nitrogen and oxygen atoms in total. The second kappa shape index (κ2) is 8.87. The lowest BCUT2D eigenvalue weighted by Crippen LogP contribution is -2.43. The van der Waals surface area contributed by atoms with E-state index in [1.165, 1.54) is 6.20 Å². The molecule has 1 amide bonds. The van der Waals surface area contributed by atoms with Gasteiger partial charge in [0.1, 0.15) is 18.1 Å². The highest BCUT2D eigenvalue weighted by atomic mass is 16.5. The molecule has 1 aliphatic heterocycles. The van der Waals surface area contributed by atoms with Crippen molar-refractivity contribution in [3.05, 3.63) is 65.5 Å². The minimum Gasteiger partial charge on any atom is -0.473 e. The van der Waals surface area contributed by atoms with Gasteiger partial charge in [-0.2, -0.15) is 0 Å². The number of aromatic nitrogens is 2. The highest BCUT2D eigenvalue weighted by molar-refractivity contribution is 5.94. The largest absolute Gasteiger partial charge is 0.473 e. The van der Waals surface area contributed by atoms with Crippen LogP contribution in [-0.2, 0) is 6.61 Å². The number of hydrogen-bond donors (Lipinski definition) is 1. The van der Waals surface area contributed by atoms with Crippen LogP contribution in [0.4, 0.5) is 0 Å². The summed E-state index contributed by atoms with van der Waals surface area (Å²) in [6.07, 6.45) is 3.51. The lowest BCUT2D eigenvalue weighted by Gasteiger charge is -2.22. The Hall–Kier alpha value is -3.19. The maximum Gasteiger partial charge on any atom is 0.253 e. The molecule has 0 bridgehead atoms. The quantitative estimate of drug-likeness (QED) is 0.697. The van der Waals surface area contributed by atoms with Gasteiger partial charge in [-0.15, -0.1) is 0 Å². The molecule has 1 N–H and O–H groups in total. The molecule has 4 rings (SSSR count). The van der Waals surface area contributed by atoms with Crippen molar-refractivity contribution in [2.75, 3.05) is 13.1 Å². The number of rotatable bonds is 6. The summed E-state index contributed by atoms with van der Waals surface area (Å²) in [6, 6.07) is 13.4. The van der Waals surface area contributed by atoms with Crippen molar-refractivity contribution < 1.29 is 14.1 Å². The van der Waals surface area contributed by atoms with Gasteiger partial charge in [0, 0.05) is 37.0 Å². The van der Waals surface area contributed by atoms with Crippen molar-refractivity contribution in [3.8, 4) is 17.1 Å². The predicted molar refractivity (Wildman–Crippen MR) is 108 cm³/mol. The number of amides is 1. The van der Waals surface area contributed by atoms with Gasteiger partial charge in [-0.25, -0.2) is 10.3 Å². The molecule has 1 fully saturated rings. The minimum atomic E-state index is -0.132. The Morgan fingerprint density at radius 2 is 2.10 bits per heavy atom. The van der Waals surface area contributed by atoms with Crippen molar-refractivity contribution in [3.63, 3.8) is 0 Å². The van der Waals surface area contributed by atoms with Crippen molar-refractivity contribution in [1.29, 1.82) is 0 Å². The zero-order valence-electron chi connectivity index (χ0n) is 16.3. The van der Waals surface area contributed by atoms with Crippen LogP contribution in [0.2, 0.25) is 0 Å². The van der Waals surface area contributed by atoms with Crippen LogP contribution in [-0.4, -0.2) is 35.2 Å². The van der Waals surface area contributed by atoms with Crippen molar-refractivity contribution >= 4 is 5.91 Å². The molecule has 3 heterocycles. The van der Waals surface area contributed by atoms with Crippen LogP contribution in [0.5, 0.6) is 5.88 Å². The Kier molecular flexibility index (Phi) is 5.86. The fourth-order valence-electron chi connectivity index (χ4n) is 3.30. The van der Waals surface area contributed by atoms with E-state index in [4.69, 9.17) is 9.26 Å². The van der Waals surface area contributed by atoms with E-state index < -0.39 is 0 Å². The van der Waals surface area contributed by atoms with Crippen LogP contribution in [0, 0.1) is 6.92 Å². The van der Waals surface area contributed by atoms with Gasteiger partial charge in [0.15, 0.2) is 0 Å². The smallest absolute Gasteiger partial charge is 0.253 e. The first kappa shape index (κ1) is 19.1. The Morgan fingerprint density at radius 1 is 1.24 bits per heavy atom. The van der Waals surface area contributed by atoms with Gasteiger partial charge in [0.05, 0.1) is 11.1 Å². The normalized spacial score (nSPS) is 16.4. The first-order valence-corrected chi connectivity index (χ1v) is 9.74. The molecule has 29 heavy (non-hydrogen) atoms. The molecule has 7 heteroatoms.